The van der Waals surface area contributed by atoms with Crippen LogP contribution >= 0.6 is 0 Å². The Balaban J connectivity index is 2.88. The van der Waals surface area contributed by atoms with Crippen LogP contribution in [0, 0.1) is 5.82 Å². The maximum atomic E-state index is 13.3. The van der Waals surface area contributed by atoms with Gasteiger partial charge in [0.05, 0.1) is 12.3 Å². The molecular formula is C14H18F4N2O3. The van der Waals surface area contributed by atoms with Crippen LogP contribution in [0.25, 0.3) is 0 Å². The van der Waals surface area contributed by atoms with Crippen molar-refractivity contribution in [3.63, 3.8) is 0 Å². The molecule has 0 bridgehead atoms. The lowest BCUT2D eigenvalue weighted by molar-refractivity contribution is -0.153. The number of hydrogen-bond donors (Lipinski definition) is 2. The van der Waals surface area contributed by atoms with Gasteiger partial charge in [0.1, 0.15) is 11.6 Å². The Morgan fingerprint density at radius 3 is 2.61 bits per heavy atom. The first-order valence-electron chi connectivity index (χ1n) is 6.92. The summed E-state index contributed by atoms with van der Waals surface area (Å²) in [4.78, 5) is 13.3. The second-order valence-corrected chi connectivity index (χ2v) is 4.69. The molecule has 2 amide bonds. The van der Waals surface area contributed by atoms with Crippen molar-refractivity contribution in [3.8, 4) is 5.75 Å². The van der Waals surface area contributed by atoms with Crippen LogP contribution in [0.4, 0.5) is 28.0 Å². The van der Waals surface area contributed by atoms with Gasteiger partial charge in [-0.1, -0.05) is 6.92 Å². The molecule has 130 valence electrons. The number of rotatable bonds is 7. The third-order valence-electron chi connectivity index (χ3n) is 2.73. The van der Waals surface area contributed by atoms with Gasteiger partial charge in [-0.2, -0.15) is 13.2 Å². The molecule has 2 N–H and O–H groups in total. The Kier molecular flexibility index (Phi) is 7.08. The highest BCUT2D eigenvalue weighted by Gasteiger charge is 2.29. The summed E-state index contributed by atoms with van der Waals surface area (Å²) in [6.45, 7) is 0.372. The van der Waals surface area contributed by atoms with Gasteiger partial charge in [0.25, 0.3) is 0 Å². The Hall–Kier alpha value is -2.03. The molecule has 0 aromatic heterocycles. The zero-order valence-electron chi connectivity index (χ0n) is 12.5. The quantitative estimate of drug-likeness (QED) is 0.752. The predicted molar refractivity (Wildman–Crippen MR) is 75.9 cm³/mol. The number of ether oxygens (including phenoxy) is 1. The third kappa shape index (κ3) is 6.72. The van der Waals surface area contributed by atoms with E-state index in [2.05, 4.69) is 10.1 Å². The third-order valence-corrected chi connectivity index (χ3v) is 2.73. The molecule has 0 spiro atoms. The molecular weight excluding hydrogens is 320 g/mol. The first-order valence-corrected chi connectivity index (χ1v) is 6.92. The fourth-order valence-electron chi connectivity index (χ4n) is 1.79. The lowest BCUT2D eigenvalue weighted by atomic mass is 10.3. The highest BCUT2D eigenvalue weighted by atomic mass is 19.4. The molecule has 0 aliphatic heterocycles. The van der Waals surface area contributed by atoms with E-state index in [4.69, 9.17) is 5.11 Å². The van der Waals surface area contributed by atoms with Crippen LogP contribution in [0.5, 0.6) is 5.75 Å². The summed E-state index contributed by atoms with van der Waals surface area (Å²) in [6, 6.07) is 2.14. The van der Waals surface area contributed by atoms with Gasteiger partial charge in [0, 0.05) is 19.2 Å². The normalized spacial score (nSPS) is 11.2. The van der Waals surface area contributed by atoms with Crippen molar-refractivity contribution >= 4 is 11.7 Å². The fourth-order valence-corrected chi connectivity index (χ4v) is 1.79. The van der Waals surface area contributed by atoms with Crippen LogP contribution in [0.1, 0.15) is 13.3 Å². The monoisotopic (exact) mass is 338 g/mol. The van der Waals surface area contributed by atoms with Crippen LogP contribution in [0.2, 0.25) is 0 Å². The first-order chi connectivity index (χ1) is 10.8. The lowest BCUT2D eigenvalue weighted by Gasteiger charge is -2.22. The van der Waals surface area contributed by atoms with E-state index >= 15 is 0 Å². The number of nitrogens with one attached hydrogen (secondary N) is 1. The molecule has 1 rings (SSSR count). The van der Waals surface area contributed by atoms with E-state index in [-0.39, 0.29) is 24.6 Å². The Morgan fingerprint density at radius 1 is 1.35 bits per heavy atom. The molecule has 1 aromatic carbocycles. The van der Waals surface area contributed by atoms with Crippen molar-refractivity contribution in [2.24, 2.45) is 0 Å². The summed E-state index contributed by atoms with van der Waals surface area (Å²) in [7, 11) is 0. The fraction of sp³-hybridized carbons (Fsp3) is 0.500. The minimum absolute atomic E-state index is 0.0493. The molecule has 5 nitrogen and oxygen atoms in total. The Morgan fingerprint density at radius 2 is 2.04 bits per heavy atom. The average molecular weight is 338 g/mol. The van der Waals surface area contributed by atoms with E-state index in [0.717, 1.165) is 18.2 Å². The number of amides is 2. The van der Waals surface area contributed by atoms with E-state index in [9.17, 15) is 22.4 Å². The van der Waals surface area contributed by atoms with Gasteiger partial charge in [-0.3, -0.25) is 0 Å². The van der Waals surface area contributed by atoms with Crippen molar-refractivity contribution < 1.29 is 32.2 Å². The highest BCUT2D eigenvalue weighted by molar-refractivity contribution is 5.91. The summed E-state index contributed by atoms with van der Waals surface area (Å²) in [6.07, 6.45) is -3.94. The number of aliphatic hydroxyl groups excluding tert-OH is 1. The van der Waals surface area contributed by atoms with E-state index in [1.165, 1.54) is 4.90 Å². The average Bonchev–Trinajstić information content (AvgIpc) is 2.45. The molecule has 0 atom stereocenters. The van der Waals surface area contributed by atoms with E-state index in [1.54, 1.807) is 0 Å². The molecule has 0 aliphatic carbocycles. The zero-order valence-corrected chi connectivity index (χ0v) is 12.5. The molecule has 23 heavy (non-hydrogen) atoms. The molecule has 0 aliphatic rings. The molecule has 0 radical (unpaired) electrons. The minimum atomic E-state index is -4.55. The summed E-state index contributed by atoms with van der Waals surface area (Å²) in [5.74, 6) is -1.03. The molecule has 0 heterocycles. The molecule has 0 saturated heterocycles. The zero-order chi connectivity index (χ0) is 17.5. The number of alkyl halides is 3. The molecule has 9 heteroatoms. The molecule has 1 aromatic rings. The number of urea groups is 1. The van der Waals surface area contributed by atoms with Crippen molar-refractivity contribution in [2.45, 2.75) is 19.5 Å². The van der Waals surface area contributed by atoms with Gasteiger partial charge in [0.2, 0.25) is 0 Å². The summed E-state index contributed by atoms with van der Waals surface area (Å²) in [5.41, 5.74) is -0.210. The van der Waals surface area contributed by atoms with E-state index in [1.807, 2.05) is 6.92 Å². The van der Waals surface area contributed by atoms with Crippen LogP contribution < -0.4 is 10.1 Å². The molecule has 0 saturated carbocycles. The standard InChI is InChI=1S/C14H18F4N2O3/c1-2-5-20(6-7-21)13(22)19-11-8-10(15)3-4-12(11)23-9-14(16,17)18/h3-4,8,21H,2,5-7,9H2,1H3,(H,19,22). The van der Waals surface area contributed by atoms with Crippen molar-refractivity contribution in [2.75, 3.05) is 31.6 Å². The number of aliphatic hydroxyl groups is 1. The van der Waals surface area contributed by atoms with Crippen LogP contribution in [-0.4, -0.2) is 48.5 Å². The van der Waals surface area contributed by atoms with Gasteiger partial charge in [-0.25, -0.2) is 9.18 Å². The van der Waals surface area contributed by atoms with Crippen molar-refractivity contribution in [3.05, 3.63) is 24.0 Å². The maximum Gasteiger partial charge on any atom is 0.422 e. The van der Waals surface area contributed by atoms with Gasteiger partial charge in [0.15, 0.2) is 6.61 Å². The highest BCUT2D eigenvalue weighted by Crippen LogP contribution is 2.27. The second-order valence-electron chi connectivity index (χ2n) is 4.69. The SMILES string of the molecule is CCCN(CCO)C(=O)Nc1cc(F)ccc1OCC(F)(F)F. The van der Waals surface area contributed by atoms with Crippen molar-refractivity contribution in [1.82, 2.24) is 4.90 Å². The number of carbonyl (C=O) groups excluding carboxylic acids is 1. The summed E-state index contributed by atoms with van der Waals surface area (Å²) >= 11 is 0. The van der Waals surface area contributed by atoms with Gasteiger partial charge in [-0.05, 0) is 18.6 Å². The van der Waals surface area contributed by atoms with E-state index < -0.39 is 24.6 Å². The van der Waals surface area contributed by atoms with Crippen LogP contribution in [0.3, 0.4) is 0 Å². The number of nitrogens with zero attached hydrogens (tertiary/aromatic N) is 1. The van der Waals surface area contributed by atoms with Gasteiger partial charge < -0.3 is 20.1 Å². The Labute approximate surface area is 130 Å². The summed E-state index contributed by atoms with van der Waals surface area (Å²) < 4.78 is 54.5. The maximum absolute atomic E-state index is 13.3. The number of carbonyl (C=O) groups is 1. The number of benzene rings is 1. The number of anilines is 1. The smallest absolute Gasteiger partial charge is 0.422 e. The second kappa shape index (κ2) is 8.56. The molecule has 0 fully saturated rings. The van der Waals surface area contributed by atoms with E-state index in [0.29, 0.717) is 13.0 Å². The number of halogens is 4. The minimum Gasteiger partial charge on any atom is -0.482 e. The predicted octanol–water partition coefficient (Wildman–Crippen LogP) is 3.00. The Bertz CT molecular complexity index is 517. The van der Waals surface area contributed by atoms with Gasteiger partial charge >= 0.3 is 12.2 Å². The van der Waals surface area contributed by atoms with Crippen LogP contribution in [0.15, 0.2) is 18.2 Å². The first kappa shape index (κ1) is 19.0. The number of hydrogen-bond acceptors (Lipinski definition) is 3. The molecule has 0 unspecified atom stereocenters. The van der Waals surface area contributed by atoms with Crippen LogP contribution in [-0.2, 0) is 0 Å². The van der Waals surface area contributed by atoms with Crippen molar-refractivity contribution in [1.29, 1.82) is 0 Å². The largest absolute Gasteiger partial charge is 0.482 e. The lowest BCUT2D eigenvalue weighted by Crippen LogP contribution is -2.37. The summed E-state index contributed by atoms with van der Waals surface area (Å²) in [5, 5.41) is 11.2. The topological polar surface area (TPSA) is 61.8 Å². The van der Waals surface area contributed by atoms with Gasteiger partial charge in [-0.15, -0.1) is 0 Å².